The molecule has 0 aliphatic heterocycles. The van der Waals surface area contributed by atoms with Gasteiger partial charge in [0.25, 0.3) is 5.91 Å². The van der Waals surface area contributed by atoms with Gasteiger partial charge in [0.05, 0.1) is 5.69 Å². The first-order valence-corrected chi connectivity index (χ1v) is 8.75. The van der Waals surface area contributed by atoms with Crippen LogP contribution in [0.25, 0.3) is 11.3 Å². The van der Waals surface area contributed by atoms with Gasteiger partial charge in [0.15, 0.2) is 5.13 Å². The number of carbonyl (C=O) groups excluding carboxylic acids is 2. The summed E-state index contributed by atoms with van der Waals surface area (Å²) in [7, 11) is 0. The van der Waals surface area contributed by atoms with Gasteiger partial charge in [-0.2, -0.15) is 0 Å². The molecular formula is C19H16FN3O2S. The zero-order valence-electron chi connectivity index (χ0n) is 14.0. The molecule has 0 bridgehead atoms. The number of benzene rings is 2. The molecule has 7 heteroatoms. The van der Waals surface area contributed by atoms with Gasteiger partial charge >= 0.3 is 0 Å². The van der Waals surface area contributed by atoms with E-state index in [0.29, 0.717) is 11.7 Å². The summed E-state index contributed by atoms with van der Waals surface area (Å²) in [5.41, 5.74) is 2.86. The first kappa shape index (κ1) is 17.8. The predicted octanol–water partition coefficient (Wildman–Crippen LogP) is 3.84. The Morgan fingerprint density at radius 1 is 1.15 bits per heavy atom. The van der Waals surface area contributed by atoms with Crippen molar-refractivity contribution in [2.45, 2.75) is 13.5 Å². The summed E-state index contributed by atoms with van der Waals surface area (Å²) in [6.45, 7) is 1.95. The average molecular weight is 369 g/mol. The smallest absolute Gasteiger partial charge is 0.257 e. The van der Waals surface area contributed by atoms with Crippen molar-refractivity contribution in [2.24, 2.45) is 0 Å². The van der Waals surface area contributed by atoms with Crippen LogP contribution in [-0.2, 0) is 11.3 Å². The Morgan fingerprint density at radius 3 is 2.62 bits per heavy atom. The molecule has 1 aromatic heterocycles. The molecule has 3 rings (SSSR count). The second kappa shape index (κ2) is 7.88. The average Bonchev–Trinajstić information content (AvgIpc) is 3.09. The molecule has 2 N–H and O–H groups in total. The molecule has 2 amide bonds. The van der Waals surface area contributed by atoms with Gasteiger partial charge in [0.1, 0.15) is 5.82 Å². The van der Waals surface area contributed by atoms with E-state index in [1.54, 1.807) is 6.07 Å². The number of hydrogen-bond donors (Lipinski definition) is 2. The fourth-order valence-electron chi connectivity index (χ4n) is 2.28. The molecule has 132 valence electrons. The van der Waals surface area contributed by atoms with Crippen LogP contribution in [0.5, 0.6) is 0 Å². The molecule has 3 aromatic rings. The number of carbonyl (C=O) groups is 2. The molecule has 0 saturated heterocycles. The van der Waals surface area contributed by atoms with Crippen molar-refractivity contribution in [2.75, 3.05) is 5.32 Å². The fourth-order valence-corrected chi connectivity index (χ4v) is 3.00. The molecule has 0 aliphatic carbocycles. The van der Waals surface area contributed by atoms with E-state index in [9.17, 15) is 14.0 Å². The molecule has 0 fully saturated rings. The summed E-state index contributed by atoms with van der Waals surface area (Å²) in [6, 6.07) is 13.1. The molecule has 26 heavy (non-hydrogen) atoms. The minimum Gasteiger partial charge on any atom is -0.352 e. The van der Waals surface area contributed by atoms with Crippen LogP contribution < -0.4 is 10.6 Å². The van der Waals surface area contributed by atoms with E-state index < -0.39 is 11.7 Å². The molecule has 5 nitrogen and oxygen atoms in total. The number of halogens is 1. The lowest BCUT2D eigenvalue weighted by atomic mass is 10.1. The molecule has 0 spiro atoms. The normalized spacial score (nSPS) is 10.4. The Labute approximate surface area is 153 Å². The lowest BCUT2D eigenvalue weighted by molar-refractivity contribution is -0.119. The standard InChI is InChI=1S/C19H16FN3O2S/c1-12(24)21-10-13-5-7-14(8-6-13)17-11-26-19(22-17)23-18(25)15-3-2-4-16(20)9-15/h2-9,11H,10H2,1H3,(H,21,24)(H,22,23,25). The Bertz CT molecular complexity index is 938. The van der Waals surface area contributed by atoms with Crippen LogP contribution in [0.2, 0.25) is 0 Å². The number of aromatic nitrogens is 1. The number of hydrogen-bond acceptors (Lipinski definition) is 4. The molecular weight excluding hydrogens is 353 g/mol. The van der Waals surface area contributed by atoms with Crippen LogP contribution in [0, 0.1) is 5.82 Å². The van der Waals surface area contributed by atoms with Crippen molar-refractivity contribution < 1.29 is 14.0 Å². The minimum absolute atomic E-state index is 0.0766. The van der Waals surface area contributed by atoms with Crippen LogP contribution in [-0.4, -0.2) is 16.8 Å². The maximum Gasteiger partial charge on any atom is 0.257 e. The number of nitrogens with zero attached hydrogens (tertiary/aromatic N) is 1. The van der Waals surface area contributed by atoms with E-state index in [2.05, 4.69) is 15.6 Å². The van der Waals surface area contributed by atoms with Crippen molar-refractivity contribution in [1.82, 2.24) is 10.3 Å². The lowest BCUT2D eigenvalue weighted by Gasteiger charge is -2.04. The topological polar surface area (TPSA) is 71.1 Å². The summed E-state index contributed by atoms with van der Waals surface area (Å²) >= 11 is 1.30. The molecule has 2 aromatic carbocycles. The maximum absolute atomic E-state index is 13.2. The van der Waals surface area contributed by atoms with Gasteiger partial charge in [-0.15, -0.1) is 11.3 Å². The number of rotatable bonds is 5. The third-order valence-corrected chi connectivity index (χ3v) is 4.36. The first-order valence-electron chi connectivity index (χ1n) is 7.87. The first-order chi connectivity index (χ1) is 12.5. The number of thiazole rings is 1. The summed E-state index contributed by atoms with van der Waals surface area (Å²) in [5, 5.41) is 7.69. The second-order valence-corrected chi connectivity index (χ2v) is 6.47. The number of amides is 2. The molecule has 0 saturated carbocycles. The number of nitrogens with one attached hydrogen (secondary N) is 2. The van der Waals surface area contributed by atoms with Crippen molar-refractivity contribution in [1.29, 1.82) is 0 Å². The largest absolute Gasteiger partial charge is 0.352 e. The molecule has 0 unspecified atom stereocenters. The van der Waals surface area contributed by atoms with Crippen molar-refractivity contribution in [3.05, 3.63) is 70.9 Å². The predicted molar refractivity (Wildman–Crippen MR) is 99.4 cm³/mol. The van der Waals surface area contributed by atoms with Gasteiger partial charge in [-0.05, 0) is 23.8 Å². The Balaban J connectivity index is 1.67. The summed E-state index contributed by atoms with van der Waals surface area (Å²) in [6.07, 6.45) is 0. The molecule has 0 atom stereocenters. The van der Waals surface area contributed by atoms with Gasteiger partial charge in [-0.25, -0.2) is 9.37 Å². The fraction of sp³-hybridized carbons (Fsp3) is 0.105. The van der Waals surface area contributed by atoms with Gasteiger partial charge < -0.3 is 5.32 Å². The Kier molecular flexibility index (Phi) is 5.38. The maximum atomic E-state index is 13.2. The highest BCUT2D eigenvalue weighted by Gasteiger charge is 2.10. The third-order valence-electron chi connectivity index (χ3n) is 3.60. The monoisotopic (exact) mass is 369 g/mol. The quantitative estimate of drug-likeness (QED) is 0.718. The summed E-state index contributed by atoms with van der Waals surface area (Å²) < 4.78 is 13.2. The van der Waals surface area contributed by atoms with Gasteiger partial charge in [0.2, 0.25) is 5.91 Å². The second-order valence-electron chi connectivity index (χ2n) is 5.61. The van der Waals surface area contributed by atoms with Gasteiger partial charge in [0, 0.05) is 30.0 Å². The van der Waals surface area contributed by atoms with E-state index in [-0.39, 0.29) is 11.5 Å². The van der Waals surface area contributed by atoms with E-state index in [4.69, 9.17) is 0 Å². The van der Waals surface area contributed by atoms with Crippen LogP contribution in [0.1, 0.15) is 22.8 Å². The lowest BCUT2D eigenvalue weighted by Crippen LogP contribution is -2.18. The number of anilines is 1. The van der Waals surface area contributed by atoms with Crippen molar-refractivity contribution in [3.63, 3.8) is 0 Å². The summed E-state index contributed by atoms with van der Waals surface area (Å²) in [5.74, 6) is -0.944. The molecule has 0 radical (unpaired) electrons. The Morgan fingerprint density at radius 2 is 1.92 bits per heavy atom. The van der Waals surface area contributed by atoms with E-state index in [1.165, 1.54) is 36.5 Å². The highest BCUT2D eigenvalue weighted by atomic mass is 32.1. The highest BCUT2D eigenvalue weighted by Crippen LogP contribution is 2.25. The SMILES string of the molecule is CC(=O)NCc1ccc(-c2csc(NC(=O)c3cccc(F)c3)n2)cc1. The van der Waals surface area contributed by atoms with E-state index >= 15 is 0 Å². The zero-order chi connectivity index (χ0) is 18.5. The van der Waals surface area contributed by atoms with Gasteiger partial charge in [-0.3, -0.25) is 14.9 Å². The minimum atomic E-state index is -0.461. The highest BCUT2D eigenvalue weighted by molar-refractivity contribution is 7.14. The van der Waals surface area contributed by atoms with E-state index in [1.807, 2.05) is 29.6 Å². The van der Waals surface area contributed by atoms with Crippen molar-refractivity contribution >= 4 is 28.3 Å². The van der Waals surface area contributed by atoms with Crippen LogP contribution in [0.3, 0.4) is 0 Å². The molecule has 0 aliphatic rings. The van der Waals surface area contributed by atoms with Crippen LogP contribution in [0.4, 0.5) is 9.52 Å². The van der Waals surface area contributed by atoms with Crippen LogP contribution in [0.15, 0.2) is 53.9 Å². The van der Waals surface area contributed by atoms with Crippen molar-refractivity contribution in [3.8, 4) is 11.3 Å². The van der Waals surface area contributed by atoms with Crippen LogP contribution >= 0.6 is 11.3 Å². The Hall–Kier alpha value is -3.06. The third kappa shape index (κ3) is 4.52. The van der Waals surface area contributed by atoms with Gasteiger partial charge in [-0.1, -0.05) is 30.3 Å². The summed E-state index contributed by atoms with van der Waals surface area (Å²) in [4.78, 5) is 27.5. The molecule has 1 heterocycles. The van der Waals surface area contributed by atoms with E-state index in [0.717, 1.165) is 16.8 Å². The zero-order valence-corrected chi connectivity index (χ0v) is 14.8.